The van der Waals surface area contributed by atoms with Crippen molar-refractivity contribution in [3.63, 3.8) is 0 Å². The summed E-state index contributed by atoms with van der Waals surface area (Å²) in [6.07, 6.45) is 9.87. The molecule has 3 aromatic rings. The summed E-state index contributed by atoms with van der Waals surface area (Å²) in [4.78, 5) is 22.5. The number of anilines is 3. The maximum Gasteiger partial charge on any atom is 0.232 e. The standard InChI is InChI=1S/C25H33N7O4S/c1-30(25-26-9-4-10-27-25)18-5-7-20(8-6-18)36-24-21-15-19(31(2)37(3,33)34)17-28-22(21)16-23(29-24)32-11-13-35-14-12-32/h4,9-10,15-18,20H,5-8,11-14H2,1-3H3. The Balaban J connectivity index is 1.40. The van der Waals surface area contributed by atoms with Crippen LogP contribution in [-0.4, -0.2) is 87.2 Å². The number of morpholine rings is 1. The maximum absolute atomic E-state index is 12.1. The van der Waals surface area contributed by atoms with E-state index < -0.39 is 10.0 Å². The number of hydrogen-bond acceptors (Lipinski definition) is 10. The molecule has 0 aromatic carbocycles. The zero-order valence-corrected chi connectivity index (χ0v) is 22.3. The van der Waals surface area contributed by atoms with Crippen molar-refractivity contribution >= 4 is 38.4 Å². The molecule has 0 radical (unpaired) electrons. The monoisotopic (exact) mass is 527 g/mol. The molecule has 0 unspecified atom stereocenters. The van der Waals surface area contributed by atoms with Crippen molar-refractivity contribution in [1.29, 1.82) is 0 Å². The van der Waals surface area contributed by atoms with Gasteiger partial charge < -0.3 is 19.3 Å². The lowest BCUT2D eigenvalue weighted by Gasteiger charge is -2.35. The number of sulfonamides is 1. The van der Waals surface area contributed by atoms with Crippen LogP contribution in [-0.2, 0) is 14.8 Å². The fraction of sp³-hybridized carbons (Fsp3) is 0.520. The highest BCUT2D eigenvalue weighted by Gasteiger charge is 2.28. The highest BCUT2D eigenvalue weighted by atomic mass is 32.2. The molecule has 4 heterocycles. The van der Waals surface area contributed by atoms with Crippen molar-refractivity contribution in [3.8, 4) is 5.88 Å². The van der Waals surface area contributed by atoms with Gasteiger partial charge in [-0.1, -0.05) is 0 Å². The number of aromatic nitrogens is 4. The maximum atomic E-state index is 12.1. The minimum absolute atomic E-state index is 0.00623. The van der Waals surface area contributed by atoms with Gasteiger partial charge in [0, 0.05) is 51.7 Å². The van der Waals surface area contributed by atoms with Crippen LogP contribution in [0.1, 0.15) is 25.7 Å². The Bertz CT molecular complexity index is 1330. The van der Waals surface area contributed by atoms with E-state index in [2.05, 4.69) is 24.8 Å². The summed E-state index contributed by atoms with van der Waals surface area (Å²) in [5.41, 5.74) is 1.18. The summed E-state index contributed by atoms with van der Waals surface area (Å²) in [7, 11) is 0.120. The molecule has 0 atom stereocenters. The third kappa shape index (κ3) is 5.69. The van der Waals surface area contributed by atoms with Gasteiger partial charge in [0.05, 0.1) is 42.3 Å². The molecule has 3 aromatic heterocycles. The highest BCUT2D eigenvalue weighted by Crippen LogP contribution is 2.34. The van der Waals surface area contributed by atoms with Gasteiger partial charge in [0.2, 0.25) is 21.9 Å². The average molecular weight is 528 g/mol. The van der Waals surface area contributed by atoms with Crippen LogP contribution in [0.4, 0.5) is 17.5 Å². The van der Waals surface area contributed by atoms with Crippen LogP contribution in [0.3, 0.4) is 0 Å². The van der Waals surface area contributed by atoms with E-state index in [1.165, 1.54) is 17.6 Å². The molecule has 11 nitrogen and oxygen atoms in total. The molecule has 0 bridgehead atoms. The summed E-state index contributed by atoms with van der Waals surface area (Å²) in [5, 5.41) is 0.696. The number of rotatable bonds is 7. The molecule has 37 heavy (non-hydrogen) atoms. The van der Waals surface area contributed by atoms with E-state index in [-0.39, 0.29) is 6.10 Å². The molecule has 0 spiro atoms. The summed E-state index contributed by atoms with van der Waals surface area (Å²) >= 11 is 0. The van der Waals surface area contributed by atoms with Gasteiger partial charge in [0.15, 0.2) is 0 Å². The van der Waals surface area contributed by atoms with E-state index in [0.717, 1.165) is 50.5 Å². The van der Waals surface area contributed by atoms with Crippen molar-refractivity contribution in [1.82, 2.24) is 19.9 Å². The molecule has 2 aliphatic rings. The Morgan fingerprint density at radius 3 is 2.41 bits per heavy atom. The third-order valence-corrected chi connectivity index (χ3v) is 8.36. The number of pyridine rings is 2. The fourth-order valence-corrected chi connectivity index (χ4v) is 5.31. The number of ether oxygens (including phenoxy) is 2. The lowest BCUT2D eigenvalue weighted by Crippen LogP contribution is -2.39. The van der Waals surface area contributed by atoms with Crippen LogP contribution in [0, 0.1) is 0 Å². The van der Waals surface area contributed by atoms with Crippen LogP contribution < -0.4 is 18.8 Å². The summed E-state index contributed by atoms with van der Waals surface area (Å²) < 4.78 is 37.5. The molecule has 12 heteroatoms. The second-order valence-corrected chi connectivity index (χ2v) is 11.6. The van der Waals surface area contributed by atoms with Gasteiger partial charge in [0.1, 0.15) is 11.9 Å². The molecule has 1 aliphatic heterocycles. The molecule has 1 aliphatic carbocycles. The lowest BCUT2D eigenvalue weighted by molar-refractivity contribution is 0.122. The first-order valence-corrected chi connectivity index (χ1v) is 14.4. The van der Waals surface area contributed by atoms with E-state index in [9.17, 15) is 8.42 Å². The van der Waals surface area contributed by atoms with Crippen LogP contribution in [0.15, 0.2) is 36.8 Å². The molecule has 0 amide bonds. The fourth-order valence-electron chi connectivity index (χ4n) is 4.82. The van der Waals surface area contributed by atoms with E-state index in [0.29, 0.717) is 41.7 Å². The Labute approximate surface area is 217 Å². The zero-order valence-electron chi connectivity index (χ0n) is 21.4. The predicted octanol–water partition coefficient (Wildman–Crippen LogP) is 2.48. The van der Waals surface area contributed by atoms with Crippen molar-refractivity contribution < 1.29 is 17.9 Å². The first-order chi connectivity index (χ1) is 17.8. The molecule has 198 valence electrons. The zero-order chi connectivity index (χ0) is 26.0. The van der Waals surface area contributed by atoms with Gasteiger partial charge in [-0.15, -0.1) is 0 Å². The normalized spacial score (nSPS) is 20.6. The molecule has 1 saturated carbocycles. The minimum atomic E-state index is -3.43. The molecule has 1 saturated heterocycles. The van der Waals surface area contributed by atoms with Gasteiger partial charge in [0.25, 0.3) is 0 Å². The SMILES string of the molecule is CN(c1ncccn1)C1CCC(Oc2nc(N3CCOCC3)cc3ncc(N(C)S(C)(=O)=O)cc23)CC1. The van der Waals surface area contributed by atoms with Crippen LogP contribution in [0.2, 0.25) is 0 Å². The third-order valence-electron chi connectivity index (χ3n) is 7.15. The molecule has 5 rings (SSSR count). The first-order valence-electron chi connectivity index (χ1n) is 12.5. The van der Waals surface area contributed by atoms with Gasteiger partial charge in [-0.25, -0.2) is 18.4 Å². The highest BCUT2D eigenvalue weighted by molar-refractivity contribution is 7.92. The Morgan fingerprint density at radius 1 is 1.03 bits per heavy atom. The van der Waals surface area contributed by atoms with Gasteiger partial charge >= 0.3 is 0 Å². The lowest BCUT2D eigenvalue weighted by atomic mass is 9.92. The van der Waals surface area contributed by atoms with E-state index in [4.69, 9.17) is 14.5 Å². The Hall–Kier alpha value is -3.25. The van der Waals surface area contributed by atoms with Crippen LogP contribution in [0.5, 0.6) is 5.88 Å². The number of nitrogens with zero attached hydrogens (tertiary/aromatic N) is 7. The van der Waals surface area contributed by atoms with E-state index >= 15 is 0 Å². The quantitative estimate of drug-likeness (QED) is 0.454. The number of fused-ring (bicyclic) bond motifs is 1. The van der Waals surface area contributed by atoms with Crippen LogP contribution >= 0.6 is 0 Å². The van der Waals surface area contributed by atoms with Crippen molar-refractivity contribution in [2.75, 3.05) is 60.8 Å². The van der Waals surface area contributed by atoms with Gasteiger partial charge in [-0.2, -0.15) is 4.98 Å². The second-order valence-electron chi connectivity index (χ2n) is 9.58. The smallest absolute Gasteiger partial charge is 0.232 e. The topological polar surface area (TPSA) is 114 Å². The molecular formula is C25H33N7O4S. The summed E-state index contributed by atoms with van der Waals surface area (Å²) in [5.74, 6) is 2.00. The van der Waals surface area contributed by atoms with E-state index in [1.807, 2.05) is 19.2 Å². The van der Waals surface area contributed by atoms with Crippen molar-refractivity contribution in [2.45, 2.75) is 37.8 Å². The van der Waals surface area contributed by atoms with E-state index in [1.54, 1.807) is 24.7 Å². The van der Waals surface area contributed by atoms with Crippen LogP contribution in [0.25, 0.3) is 10.9 Å². The van der Waals surface area contributed by atoms with Crippen molar-refractivity contribution in [2.24, 2.45) is 0 Å². The Morgan fingerprint density at radius 2 is 1.73 bits per heavy atom. The molecule has 0 N–H and O–H groups in total. The minimum Gasteiger partial charge on any atom is -0.474 e. The average Bonchev–Trinajstić information content (AvgIpc) is 2.93. The van der Waals surface area contributed by atoms with Gasteiger partial charge in [-0.3, -0.25) is 9.29 Å². The largest absolute Gasteiger partial charge is 0.474 e. The first kappa shape index (κ1) is 25.4. The summed E-state index contributed by atoms with van der Waals surface area (Å²) in [6.45, 7) is 2.77. The Kier molecular flexibility index (Phi) is 7.29. The molecule has 2 fully saturated rings. The number of hydrogen-bond donors (Lipinski definition) is 0. The second kappa shape index (κ2) is 10.6. The summed E-state index contributed by atoms with van der Waals surface area (Å²) in [6, 6.07) is 5.88. The van der Waals surface area contributed by atoms with Crippen molar-refractivity contribution in [3.05, 3.63) is 36.8 Å². The molecular weight excluding hydrogens is 494 g/mol. The van der Waals surface area contributed by atoms with Gasteiger partial charge in [-0.05, 0) is 37.8 Å². The predicted molar refractivity (Wildman–Crippen MR) is 143 cm³/mol.